The molecule has 2 aromatic heterocycles. The summed E-state index contributed by atoms with van der Waals surface area (Å²) >= 11 is 0. The van der Waals surface area contributed by atoms with Crippen LogP contribution in [0.25, 0.3) is 22.6 Å². The van der Waals surface area contributed by atoms with Gasteiger partial charge in [-0.2, -0.15) is 0 Å². The average molecular weight is 400 g/mol. The molecule has 9 nitrogen and oxygen atoms in total. The third-order valence-electron chi connectivity index (χ3n) is 3.74. The molecular formula is C20H24N4O5. The predicted molar refractivity (Wildman–Crippen MR) is 110 cm³/mol. The summed E-state index contributed by atoms with van der Waals surface area (Å²) in [6.07, 6.45) is 5.51. The summed E-state index contributed by atoms with van der Waals surface area (Å²) in [6.45, 7) is 3.77. The van der Waals surface area contributed by atoms with Gasteiger partial charge in [-0.15, -0.1) is 0 Å². The van der Waals surface area contributed by atoms with Crippen LogP contribution in [0.4, 0.5) is 5.69 Å². The Bertz CT molecular complexity index is 919. The minimum Gasteiger partial charge on any atom is -0.496 e. The minimum atomic E-state index is -0.250. The number of nitrogens with zero attached hydrogens (tertiary/aromatic N) is 3. The molecule has 1 aromatic carbocycles. The Morgan fingerprint density at radius 3 is 2.28 bits per heavy atom. The molecule has 0 radical (unpaired) electrons. The second kappa shape index (κ2) is 11.8. The fourth-order valence-electron chi connectivity index (χ4n) is 2.59. The van der Waals surface area contributed by atoms with Crippen LogP contribution in [0.2, 0.25) is 0 Å². The quantitative estimate of drug-likeness (QED) is 0.567. The van der Waals surface area contributed by atoms with Crippen molar-refractivity contribution in [3.8, 4) is 28.4 Å². The van der Waals surface area contributed by atoms with Gasteiger partial charge in [0.05, 0.1) is 12.8 Å². The molecular weight excluding hydrogens is 376 g/mol. The number of methoxy groups -OCH3 is 1. The van der Waals surface area contributed by atoms with Gasteiger partial charge in [0.15, 0.2) is 0 Å². The molecule has 0 saturated heterocycles. The Labute approximate surface area is 168 Å². The van der Waals surface area contributed by atoms with Gasteiger partial charge in [-0.3, -0.25) is 14.6 Å². The first kappa shape index (κ1) is 23.2. The first-order valence-electron chi connectivity index (χ1n) is 8.52. The molecule has 154 valence electrons. The number of nitrogen functional groups attached to an aromatic ring is 1. The van der Waals surface area contributed by atoms with E-state index in [0.29, 0.717) is 11.7 Å². The lowest BCUT2D eigenvalue weighted by Crippen LogP contribution is -2.02. The molecule has 0 atom stereocenters. The molecule has 0 aliphatic carbocycles. The van der Waals surface area contributed by atoms with Crippen molar-refractivity contribution < 1.29 is 24.5 Å². The van der Waals surface area contributed by atoms with E-state index in [9.17, 15) is 0 Å². The van der Waals surface area contributed by atoms with Crippen LogP contribution >= 0.6 is 0 Å². The van der Waals surface area contributed by atoms with Crippen LogP contribution in [0.15, 0.2) is 48.9 Å². The number of benzene rings is 1. The topological polar surface area (TPSA) is 141 Å². The van der Waals surface area contributed by atoms with E-state index in [2.05, 4.69) is 28.4 Å². The van der Waals surface area contributed by atoms with E-state index >= 15 is 0 Å². The second-order valence-electron chi connectivity index (χ2n) is 5.85. The normalized spacial score (nSPS) is 9.52. The Hall–Kier alpha value is -3.88. The first-order valence-corrected chi connectivity index (χ1v) is 8.52. The number of hydrogen-bond donors (Lipinski definition) is 3. The van der Waals surface area contributed by atoms with Crippen LogP contribution in [0.3, 0.4) is 0 Å². The highest BCUT2D eigenvalue weighted by Crippen LogP contribution is 2.34. The number of pyridine rings is 1. The number of imidazole rings is 1. The van der Waals surface area contributed by atoms with Gasteiger partial charge in [0.2, 0.25) is 0 Å². The Balaban J connectivity index is 0.000000626. The predicted octanol–water partition coefficient (Wildman–Crippen LogP) is 3.19. The number of aromatic nitrogens is 3. The molecule has 3 rings (SSSR count). The smallest absolute Gasteiger partial charge is 0.290 e. The van der Waals surface area contributed by atoms with Gasteiger partial charge >= 0.3 is 0 Å². The number of hydrogen-bond acceptors (Lipinski definition) is 6. The molecule has 0 aliphatic rings. The van der Waals surface area contributed by atoms with Crippen molar-refractivity contribution in [2.24, 2.45) is 0 Å². The Morgan fingerprint density at radius 1 is 1.07 bits per heavy atom. The summed E-state index contributed by atoms with van der Waals surface area (Å²) in [5, 5.41) is 13.8. The van der Waals surface area contributed by atoms with Crippen molar-refractivity contribution in [1.29, 1.82) is 0 Å². The maximum atomic E-state index is 8.36. The van der Waals surface area contributed by atoms with Gasteiger partial charge in [-0.1, -0.05) is 0 Å². The molecule has 0 fully saturated rings. The molecule has 9 heteroatoms. The molecule has 2 heterocycles. The van der Waals surface area contributed by atoms with Crippen molar-refractivity contribution in [2.45, 2.75) is 19.9 Å². The van der Waals surface area contributed by atoms with Gasteiger partial charge < -0.3 is 25.3 Å². The van der Waals surface area contributed by atoms with Gasteiger partial charge in [0.1, 0.15) is 11.6 Å². The minimum absolute atomic E-state index is 0.250. The van der Waals surface area contributed by atoms with Crippen LogP contribution < -0.4 is 10.5 Å². The van der Waals surface area contributed by atoms with Crippen molar-refractivity contribution in [2.75, 3.05) is 12.8 Å². The molecule has 0 unspecified atom stereocenters. The molecule has 0 saturated carbocycles. The fraction of sp³-hybridized carbons (Fsp3) is 0.200. The standard InChI is InChI=1S/C18H20N4O.2CH2O2/c1-12(2)22-9-8-21-18(22)13-4-5-17(23-3)15(10-13)16-11-14(19)6-7-20-16;2*2-1-3/h4-12H,1-3H3,(H2,19,20);2*1H,(H,2,3). The summed E-state index contributed by atoms with van der Waals surface area (Å²) in [5.74, 6) is 1.68. The zero-order chi connectivity index (χ0) is 21.8. The van der Waals surface area contributed by atoms with E-state index in [4.69, 9.17) is 30.3 Å². The molecule has 0 bridgehead atoms. The molecule has 4 N–H and O–H groups in total. The Morgan fingerprint density at radius 2 is 1.72 bits per heavy atom. The average Bonchev–Trinajstić information content (AvgIpc) is 3.19. The van der Waals surface area contributed by atoms with E-state index in [1.165, 1.54) is 0 Å². The van der Waals surface area contributed by atoms with Crippen molar-refractivity contribution in [3.05, 3.63) is 48.9 Å². The number of anilines is 1. The number of nitrogens with two attached hydrogens (primary N) is 1. The van der Waals surface area contributed by atoms with Gasteiger partial charge in [0.25, 0.3) is 12.9 Å². The SMILES string of the molecule is COc1ccc(-c2nccn2C(C)C)cc1-c1cc(N)ccn1.O=CO.O=CO. The summed E-state index contributed by atoms with van der Waals surface area (Å²) in [7, 11) is 1.65. The number of carbonyl (C=O) groups is 2. The van der Waals surface area contributed by atoms with Crippen molar-refractivity contribution >= 4 is 18.6 Å². The zero-order valence-electron chi connectivity index (χ0n) is 16.4. The van der Waals surface area contributed by atoms with E-state index in [1.54, 1.807) is 19.4 Å². The third kappa shape index (κ3) is 6.35. The van der Waals surface area contributed by atoms with E-state index in [0.717, 1.165) is 28.4 Å². The lowest BCUT2D eigenvalue weighted by Gasteiger charge is -2.14. The molecule has 0 aliphatic heterocycles. The maximum Gasteiger partial charge on any atom is 0.290 e. The number of rotatable bonds is 4. The summed E-state index contributed by atoms with van der Waals surface area (Å²) in [4.78, 5) is 25.6. The fourth-order valence-corrected chi connectivity index (χ4v) is 2.59. The largest absolute Gasteiger partial charge is 0.496 e. The lowest BCUT2D eigenvalue weighted by atomic mass is 10.0. The first-order chi connectivity index (χ1) is 13.9. The van der Waals surface area contributed by atoms with Crippen LogP contribution in [-0.4, -0.2) is 44.8 Å². The van der Waals surface area contributed by atoms with Crippen molar-refractivity contribution in [1.82, 2.24) is 14.5 Å². The Kier molecular flexibility index (Phi) is 9.39. The highest BCUT2D eigenvalue weighted by atomic mass is 16.5. The van der Waals surface area contributed by atoms with Gasteiger partial charge in [-0.05, 0) is 44.2 Å². The van der Waals surface area contributed by atoms with Gasteiger partial charge in [0, 0.05) is 41.4 Å². The van der Waals surface area contributed by atoms with E-state index in [-0.39, 0.29) is 12.9 Å². The number of ether oxygens (including phenoxy) is 1. The molecule has 0 spiro atoms. The number of carboxylic acid groups (broad SMARTS) is 2. The highest BCUT2D eigenvalue weighted by Gasteiger charge is 2.13. The zero-order valence-corrected chi connectivity index (χ0v) is 16.4. The van der Waals surface area contributed by atoms with Gasteiger partial charge in [-0.25, -0.2) is 4.98 Å². The summed E-state index contributed by atoms with van der Waals surface area (Å²) < 4.78 is 7.62. The van der Waals surface area contributed by atoms with Crippen LogP contribution in [0.1, 0.15) is 19.9 Å². The highest BCUT2D eigenvalue weighted by molar-refractivity contribution is 5.75. The molecule has 3 aromatic rings. The van der Waals surface area contributed by atoms with Crippen LogP contribution in [0.5, 0.6) is 5.75 Å². The van der Waals surface area contributed by atoms with E-state index in [1.807, 2.05) is 36.7 Å². The van der Waals surface area contributed by atoms with Crippen molar-refractivity contribution in [3.63, 3.8) is 0 Å². The second-order valence-corrected chi connectivity index (χ2v) is 5.85. The molecule has 0 amide bonds. The summed E-state index contributed by atoms with van der Waals surface area (Å²) in [5.41, 5.74) is 9.26. The molecule has 29 heavy (non-hydrogen) atoms. The monoisotopic (exact) mass is 400 g/mol. The third-order valence-corrected chi connectivity index (χ3v) is 3.74. The van der Waals surface area contributed by atoms with E-state index < -0.39 is 0 Å². The summed E-state index contributed by atoms with van der Waals surface area (Å²) in [6, 6.07) is 9.94. The van der Waals surface area contributed by atoms with Crippen LogP contribution in [-0.2, 0) is 9.59 Å². The lowest BCUT2D eigenvalue weighted by molar-refractivity contribution is -0.123. The maximum absolute atomic E-state index is 8.36. The van der Waals surface area contributed by atoms with Crippen LogP contribution in [0, 0.1) is 0 Å².